The van der Waals surface area contributed by atoms with E-state index in [1.807, 2.05) is 18.2 Å². The summed E-state index contributed by atoms with van der Waals surface area (Å²) in [4.78, 5) is 23.0. The van der Waals surface area contributed by atoms with Gasteiger partial charge in [0.2, 0.25) is 0 Å². The summed E-state index contributed by atoms with van der Waals surface area (Å²) in [5, 5.41) is 14.8. The molecule has 0 amide bonds. The van der Waals surface area contributed by atoms with Crippen LogP contribution in [-0.2, 0) is 16.1 Å². The lowest BCUT2D eigenvalue weighted by Gasteiger charge is -2.36. The largest absolute Gasteiger partial charge is 0.473 e. The van der Waals surface area contributed by atoms with Crippen LogP contribution in [0.5, 0.6) is 0 Å². The van der Waals surface area contributed by atoms with Crippen LogP contribution < -0.4 is 4.90 Å². The average molecular weight is 360 g/mol. The molecule has 1 heterocycles. The molecule has 1 fully saturated rings. The molecule has 6 nitrogen and oxygen atoms in total. The van der Waals surface area contributed by atoms with Crippen molar-refractivity contribution in [1.29, 1.82) is 0 Å². The smallest absolute Gasteiger partial charge is 0.414 e. The Kier molecular flexibility index (Phi) is 7.11. The van der Waals surface area contributed by atoms with Crippen molar-refractivity contribution in [2.75, 3.05) is 31.1 Å². The number of hydrogen-bond acceptors (Lipinski definition) is 4. The first kappa shape index (κ1) is 19.4. The first-order valence-electron chi connectivity index (χ1n) is 8.18. The molecule has 0 saturated carbocycles. The van der Waals surface area contributed by atoms with Crippen LogP contribution >= 0.6 is 0 Å². The van der Waals surface area contributed by atoms with E-state index in [0.29, 0.717) is 0 Å². The average Bonchev–Trinajstić information content (AvgIpc) is 2.65. The van der Waals surface area contributed by atoms with Gasteiger partial charge in [-0.3, -0.25) is 4.90 Å². The fourth-order valence-corrected chi connectivity index (χ4v) is 2.65. The highest BCUT2D eigenvalue weighted by Crippen LogP contribution is 2.16. The van der Waals surface area contributed by atoms with Crippen LogP contribution in [0.2, 0.25) is 0 Å². The van der Waals surface area contributed by atoms with E-state index >= 15 is 0 Å². The molecule has 7 heteroatoms. The van der Waals surface area contributed by atoms with E-state index in [0.717, 1.165) is 32.7 Å². The van der Waals surface area contributed by atoms with Gasteiger partial charge in [-0.15, -0.1) is 0 Å². The molecule has 0 radical (unpaired) electrons. The quantitative estimate of drug-likeness (QED) is 0.818. The fraction of sp³-hybridized carbons (Fsp3) is 0.263. The maximum absolute atomic E-state index is 12.9. The van der Waals surface area contributed by atoms with Crippen molar-refractivity contribution in [1.82, 2.24) is 4.90 Å². The summed E-state index contributed by atoms with van der Waals surface area (Å²) in [5.74, 6) is -3.81. The predicted octanol–water partition coefficient (Wildman–Crippen LogP) is 2.30. The molecule has 1 aliphatic rings. The van der Waals surface area contributed by atoms with Crippen molar-refractivity contribution in [3.8, 4) is 0 Å². The highest BCUT2D eigenvalue weighted by molar-refractivity contribution is 6.27. The van der Waals surface area contributed by atoms with Gasteiger partial charge in [0.1, 0.15) is 5.82 Å². The number of anilines is 1. The molecule has 0 unspecified atom stereocenters. The summed E-state index contributed by atoms with van der Waals surface area (Å²) in [6.45, 7) is 5.10. The number of carboxylic acid groups (broad SMARTS) is 2. The van der Waals surface area contributed by atoms with Gasteiger partial charge >= 0.3 is 11.9 Å². The van der Waals surface area contributed by atoms with Gasteiger partial charge in [0.25, 0.3) is 0 Å². The normalized spacial score (nSPS) is 14.3. The molecule has 2 aromatic carbocycles. The number of piperazine rings is 1. The molecule has 3 rings (SSSR count). The number of aliphatic carboxylic acids is 2. The first-order chi connectivity index (χ1) is 12.5. The summed E-state index contributed by atoms with van der Waals surface area (Å²) >= 11 is 0. The lowest BCUT2D eigenvalue weighted by atomic mass is 10.2. The monoisotopic (exact) mass is 360 g/mol. The highest BCUT2D eigenvalue weighted by atomic mass is 19.1. The number of rotatable bonds is 3. The third kappa shape index (κ3) is 6.18. The Morgan fingerprint density at radius 1 is 0.846 bits per heavy atom. The molecule has 0 spiro atoms. The molecule has 1 saturated heterocycles. The molecule has 2 N–H and O–H groups in total. The summed E-state index contributed by atoms with van der Waals surface area (Å²) < 4.78 is 12.9. The van der Waals surface area contributed by atoms with Crippen molar-refractivity contribution in [2.24, 2.45) is 0 Å². The molecule has 0 aromatic heterocycles. The fourth-order valence-electron chi connectivity index (χ4n) is 2.65. The Balaban J connectivity index is 0.000000352. The van der Waals surface area contributed by atoms with Crippen LogP contribution in [-0.4, -0.2) is 53.2 Å². The zero-order valence-electron chi connectivity index (χ0n) is 14.2. The van der Waals surface area contributed by atoms with E-state index in [4.69, 9.17) is 19.8 Å². The lowest BCUT2D eigenvalue weighted by molar-refractivity contribution is -0.159. The second-order valence-electron chi connectivity index (χ2n) is 5.84. The number of hydrogen-bond donors (Lipinski definition) is 2. The number of carbonyl (C=O) groups is 2. The molecule has 26 heavy (non-hydrogen) atoms. The number of halogens is 1. The first-order valence-corrected chi connectivity index (χ1v) is 8.18. The number of para-hydroxylation sites is 1. The highest BCUT2D eigenvalue weighted by Gasteiger charge is 2.16. The lowest BCUT2D eigenvalue weighted by Crippen LogP contribution is -2.45. The minimum Gasteiger partial charge on any atom is -0.473 e. The van der Waals surface area contributed by atoms with Gasteiger partial charge in [0, 0.05) is 38.4 Å². The van der Waals surface area contributed by atoms with Gasteiger partial charge in [0.15, 0.2) is 0 Å². The molecular weight excluding hydrogens is 339 g/mol. The van der Waals surface area contributed by atoms with Crippen LogP contribution in [0.3, 0.4) is 0 Å². The Morgan fingerprint density at radius 3 is 1.88 bits per heavy atom. The third-order valence-corrected chi connectivity index (χ3v) is 4.00. The Morgan fingerprint density at radius 2 is 1.38 bits per heavy atom. The van der Waals surface area contributed by atoms with Gasteiger partial charge in [-0.1, -0.05) is 30.3 Å². The van der Waals surface area contributed by atoms with Gasteiger partial charge in [-0.05, 0) is 29.8 Å². The van der Waals surface area contributed by atoms with Crippen LogP contribution in [0.15, 0.2) is 54.6 Å². The van der Waals surface area contributed by atoms with E-state index < -0.39 is 11.9 Å². The zero-order chi connectivity index (χ0) is 18.9. The van der Waals surface area contributed by atoms with E-state index in [-0.39, 0.29) is 5.82 Å². The summed E-state index contributed by atoms with van der Waals surface area (Å²) in [6.07, 6.45) is 0. The van der Waals surface area contributed by atoms with Gasteiger partial charge in [-0.25, -0.2) is 14.0 Å². The van der Waals surface area contributed by atoms with Crippen molar-refractivity contribution in [2.45, 2.75) is 6.54 Å². The molecule has 0 atom stereocenters. The molecule has 0 aliphatic carbocycles. The van der Waals surface area contributed by atoms with Crippen LogP contribution in [0.25, 0.3) is 0 Å². The number of benzene rings is 2. The minimum absolute atomic E-state index is 0.164. The van der Waals surface area contributed by atoms with Crippen molar-refractivity contribution in [3.05, 3.63) is 66.0 Å². The van der Waals surface area contributed by atoms with Gasteiger partial charge in [-0.2, -0.15) is 0 Å². The van der Waals surface area contributed by atoms with Crippen molar-refractivity contribution >= 4 is 17.6 Å². The van der Waals surface area contributed by atoms with E-state index in [1.165, 1.54) is 23.4 Å². The van der Waals surface area contributed by atoms with E-state index in [2.05, 4.69) is 34.1 Å². The van der Waals surface area contributed by atoms with Crippen LogP contribution in [0, 0.1) is 5.82 Å². The van der Waals surface area contributed by atoms with E-state index in [9.17, 15) is 4.39 Å². The minimum atomic E-state index is -1.82. The topological polar surface area (TPSA) is 81.1 Å². The van der Waals surface area contributed by atoms with Gasteiger partial charge in [0.05, 0.1) is 0 Å². The van der Waals surface area contributed by atoms with Crippen molar-refractivity contribution in [3.63, 3.8) is 0 Å². The maximum atomic E-state index is 12.9. The second kappa shape index (κ2) is 9.53. The van der Waals surface area contributed by atoms with Crippen LogP contribution in [0.4, 0.5) is 10.1 Å². The number of nitrogens with zero attached hydrogens (tertiary/aromatic N) is 2. The zero-order valence-corrected chi connectivity index (χ0v) is 14.2. The van der Waals surface area contributed by atoms with Gasteiger partial charge < -0.3 is 15.1 Å². The summed E-state index contributed by atoms with van der Waals surface area (Å²) in [5.41, 5.74) is 2.48. The summed E-state index contributed by atoms with van der Waals surface area (Å²) in [7, 11) is 0. The number of carboxylic acids is 2. The van der Waals surface area contributed by atoms with E-state index in [1.54, 1.807) is 0 Å². The van der Waals surface area contributed by atoms with Crippen LogP contribution in [0.1, 0.15) is 5.56 Å². The van der Waals surface area contributed by atoms with Crippen molar-refractivity contribution < 1.29 is 24.2 Å². The maximum Gasteiger partial charge on any atom is 0.414 e. The Bertz CT molecular complexity index is 702. The predicted molar refractivity (Wildman–Crippen MR) is 95.6 cm³/mol. The Hall–Kier alpha value is -2.93. The molecular formula is C19H21FN2O4. The SMILES string of the molecule is Fc1ccc(CN2CCN(c3ccccc3)CC2)cc1.O=C(O)C(=O)O. The summed E-state index contributed by atoms with van der Waals surface area (Å²) in [6, 6.07) is 17.4. The molecule has 0 bridgehead atoms. The third-order valence-electron chi connectivity index (χ3n) is 4.00. The molecule has 138 valence electrons. The second-order valence-corrected chi connectivity index (χ2v) is 5.84. The standard InChI is InChI=1S/C17H19FN2.C2H2O4/c18-16-8-6-15(7-9-16)14-19-10-12-20(13-11-19)17-4-2-1-3-5-17;3-1(4)2(5)6/h1-9H,10-14H2;(H,3,4)(H,5,6). The molecule has 1 aliphatic heterocycles. The molecule has 2 aromatic rings. The Labute approximate surface area is 151 Å².